The highest BCUT2D eigenvalue weighted by molar-refractivity contribution is 8.02. The van der Waals surface area contributed by atoms with Gasteiger partial charge in [-0.25, -0.2) is 0 Å². The van der Waals surface area contributed by atoms with Crippen molar-refractivity contribution in [3.8, 4) is 0 Å². The lowest BCUT2D eigenvalue weighted by Crippen LogP contribution is -2.57. The standard InChI is InChI=1S/C30H45N3O6S/c1-21(2)19-22(20-34)33-25-27(36)32(13-12-31-14-17-38-18-15-31)11-8-10-30(25)23(26(33)35)24-28(37)39-16-7-5-4-6-9-29(24,3)40-30/h6,8-10,21-25,34H,4-5,7,11-20H2,1-3H3/b9-6-/t22-,23+,24+,25?,29-,30+/m1/s1. The molecule has 5 aliphatic rings. The van der Waals surface area contributed by atoms with E-state index in [0.29, 0.717) is 39.3 Å². The largest absolute Gasteiger partial charge is 0.465 e. The number of morpholine rings is 1. The number of ether oxygens (including phenoxy) is 2. The summed E-state index contributed by atoms with van der Waals surface area (Å²) in [6.45, 7) is 11.0. The van der Waals surface area contributed by atoms with Gasteiger partial charge in [-0.05, 0) is 38.5 Å². The second-order valence-electron chi connectivity index (χ2n) is 12.4. The number of carbonyl (C=O) groups is 3. The van der Waals surface area contributed by atoms with Crippen molar-refractivity contribution >= 4 is 29.5 Å². The van der Waals surface area contributed by atoms with Gasteiger partial charge in [-0.15, -0.1) is 11.8 Å². The van der Waals surface area contributed by atoms with Gasteiger partial charge in [0.15, 0.2) is 0 Å². The van der Waals surface area contributed by atoms with Gasteiger partial charge in [0.2, 0.25) is 11.8 Å². The molecular weight excluding hydrogens is 530 g/mol. The molecule has 9 nitrogen and oxygen atoms in total. The van der Waals surface area contributed by atoms with Crippen LogP contribution in [-0.2, 0) is 23.9 Å². The zero-order valence-corrected chi connectivity index (χ0v) is 24.9. The monoisotopic (exact) mass is 575 g/mol. The van der Waals surface area contributed by atoms with Crippen LogP contribution in [0.15, 0.2) is 24.3 Å². The lowest BCUT2D eigenvalue weighted by Gasteiger charge is -2.40. The van der Waals surface area contributed by atoms with Crippen LogP contribution < -0.4 is 0 Å². The van der Waals surface area contributed by atoms with Gasteiger partial charge in [-0.3, -0.25) is 19.3 Å². The van der Waals surface area contributed by atoms with Crippen LogP contribution in [0, 0.1) is 17.8 Å². The van der Waals surface area contributed by atoms with Crippen LogP contribution in [0.1, 0.15) is 46.5 Å². The van der Waals surface area contributed by atoms with Crippen LogP contribution in [-0.4, -0.2) is 118 Å². The SMILES string of the molecule is CC(C)C[C@H](CO)N1C(=O)[C@@H]2[C@H]3C(=O)OCCCC/C=C\[C@@]3(C)S[C@@]23C=CCN(CCN2CCOCC2)C(=O)C13. The predicted molar refractivity (Wildman–Crippen MR) is 154 cm³/mol. The van der Waals surface area contributed by atoms with E-state index >= 15 is 0 Å². The number of fused-ring (bicyclic) bond motifs is 2. The zero-order valence-electron chi connectivity index (χ0n) is 24.1. The lowest BCUT2D eigenvalue weighted by atomic mass is 9.74. The Labute approximate surface area is 242 Å². The Morgan fingerprint density at radius 1 is 1.02 bits per heavy atom. The molecule has 5 rings (SSSR count). The summed E-state index contributed by atoms with van der Waals surface area (Å²) in [7, 11) is 0. The first-order chi connectivity index (χ1) is 19.2. The highest BCUT2D eigenvalue weighted by Crippen LogP contribution is 2.65. The molecule has 0 bridgehead atoms. The predicted octanol–water partition coefficient (Wildman–Crippen LogP) is 2.09. The first kappa shape index (κ1) is 29.6. The number of amides is 2. The molecule has 0 aromatic carbocycles. The van der Waals surface area contributed by atoms with Gasteiger partial charge in [-0.1, -0.05) is 38.2 Å². The highest BCUT2D eigenvalue weighted by Gasteiger charge is 2.74. The average molecular weight is 576 g/mol. The number of carbonyl (C=O) groups excluding carboxylic acids is 3. The van der Waals surface area contributed by atoms with Crippen LogP contribution in [0.2, 0.25) is 0 Å². The van der Waals surface area contributed by atoms with Gasteiger partial charge < -0.3 is 24.4 Å². The minimum Gasteiger partial charge on any atom is -0.465 e. The van der Waals surface area contributed by atoms with Crippen LogP contribution in [0.5, 0.6) is 0 Å². The van der Waals surface area contributed by atoms with E-state index in [1.165, 1.54) is 0 Å². The van der Waals surface area contributed by atoms with E-state index in [2.05, 4.69) is 30.9 Å². The minimum absolute atomic E-state index is 0.103. The van der Waals surface area contributed by atoms with Gasteiger partial charge >= 0.3 is 5.97 Å². The Hall–Kier alpha value is -1.88. The Kier molecular flexibility index (Phi) is 9.00. The van der Waals surface area contributed by atoms with Crippen LogP contribution >= 0.6 is 11.8 Å². The van der Waals surface area contributed by atoms with E-state index in [-0.39, 0.29) is 30.3 Å². The number of aliphatic hydroxyl groups is 1. The molecule has 5 aliphatic heterocycles. The topological polar surface area (TPSA) is 99.6 Å². The maximum absolute atomic E-state index is 14.6. The fourth-order valence-electron chi connectivity index (χ4n) is 7.29. The second kappa shape index (κ2) is 12.2. The van der Waals surface area contributed by atoms with E-state index in [4.69, 9.17) is 9.47 Å². The molecule has 0 aromatic heterocycles. The molecule has 1 spiro atoms. The van der Waals surface area contributed by atoms with Crippen molar-refractivity contribution < 1.29 is 29.0 Å². The van der Waals surface area contributed by atoms with Gasteiger partial charge in [0.05, 0.1) is 49.1 Å². The molecule has 10 heteroatoms. The molecular formula is C30H45N3O6S. The van der Waals surface area contributed by atoms with E-state index in [1.54, 1.807) is 16.7 Å². The normalized spacial score (nSPS) is 36.6. The summed E-state index contributed by atoms with van der Waals surface area (Å²) in [6.07, 6.45) is 11.4. The number of allylic oxidation sites excluding steroid dienone is 1. The van der Waals surface area contributed by atoms with Crippen molar-refractivity contribution in [1.29, 1.82) is 0 Å². The highest BCUT2D eigenvalue weighted by atomic mass is 32.2. The average Bonchev–Trinajstić information content (AvgIpc) is 3.27. The number of esters is 1. The third kappa shape index (κ3) is 5.37. The van der Waals surface area contributed by atoms with Crippen molar-refractivity contribution in [2.24, 2.45) is 17.8 Å². The molecule has 1 unspecified atom stereocenters. The number of likely N-dealkylation sites (tertiary alicyclic amines) is 1. The van der Waals surface area contributed by atoms with Gasteiger partial charge in [0.25, 0.3) is 0 Å². The maximum atomic E-state index is 14.6. The van der Waals surface area contributed by atoms with Crippen molar-refractivity contribution in [3.63, 3.8) is 0 Å². The molecule has 5 heterocycles. The molecule has 3 saturated heterocycles. The molecule has 1 N–H and O–H groups in total. The summed E-state index contributed by atoms with van der Waals surface area (Å²) in [4.78, 5) is 48.6. The van der Waals surface area contributed by atoms with Gasteiger partial charge in [0, 0.05) is 37.5 Å². The van der Waals surface area contributed by atoms with Crippen molar-refractivity contribution in [2.45, 2.75) is 68.0 Å². The Morgan fingerprint density at radius 3 is 2.52 bits per heavy atom. The Morgan fingerprint density at radius 2 is 1.80 bits per heavy atom. The number of aliphatic hydroxyl groups excluding tert-OH is 1. The molecule has 0 radical (unpaired) electrons. The van der Waals surface area contributed by atoms with Crippen molar-refractivity contribution in [3.05, 3.63) is 24.3 Å². The van der Waals surface area contributed by atoms with Gasteiger partial charge in [0.1, 0.15) is 6.04 Å². The third-order valence-corrected chi connectivity index (χ3v) is 11.0. The number of hydrogen-bond donors (Lipinski definition) is 1. The fraction of sp³-hybridized carbons (Fsp3) is 0.767. The summed E-state index contributed by atoms with van der Waals surface area (Å²) in [5.74, 6) is -1.94. The first-order valence-corrected chi connectivity index (χ1v) is 15.8. The number of rotatable bonds is 7. The number of cyclic esters (lactones) is 1. The second-order valence-corrected chi connectivity index (χ2v) is 14.2. The number of hydrogen-bond acceptors (Lipinski definition) is 8. The van der Waals surface area contributed by atoms with Crippen LogP contribution in [0.25, 0.3) is 0 Å². The summed E-state index contributed by atoms with van der Waals surface area (Å²) in [5, 5.41) is 10.5. The van der Waals surface area contributed by atoms with E-state index in [1.807, 2.05) is 24.0 Å². The van der Waals surface area contributed by atoms with Crippen molar-refractivity contribution in [1.82, 2.24) is 14.7 Å². The van der Waals surface area contributed by atoms with Gasteiger partial charge in [-0.2, -0.15) is 0 Å². The van der Waals surface area contributed by atoms with E-state index in [0.717, 1.165) is 38.9 Å². The number of nitrogens with zero attached hydrogens (tertiary/aromatic N) is 3. The molecule has 40 heavy (non-hydrogen) atoms. The Bertz CT molecular complexity index is 1030. The molecule has 3 fully saturated rings. The Balaban J connectivity index is 1.55. The molecule has 6 atom stereocenters. The molecule has 222 valence electrons. The lowest BCUT2D eigenvalue weighted by molar-refractivity contribution is -0.155. The molecule has 2 amide bonds. The summed E-state index contributed by atoms with van der Waals surface area (Å²) in [5.41, 5.74) is 0. The zero-order chi connectivity index (χ0) is 28.5. The quantitative estimate of drug-likeness (QED) is 0.364. The fourth-order valence-corrected chi connectivity index (χ4v) is 9.42. The number of thioether (sulfide) groups is 1. The molecule has 0 aromatic rings. The first-order valence-electron chi connectivity index (χ1n) is 15.0. The smallest absolute Gasteiger partial charge is 0.311 e. The van der Waals surface area contributed by atoms with E-state index < -0.39 is 33.4 Å². The van der Waals surface area contributed by atoms with Crippen molar-refractivity contribution in [2.75, 3.05) is 59.2 Å². The summed E-state index contributed by atoms with van der Waals surface area (Å²) in [6, 6.07) is -1.31. The van der Waals surface area contributed by atoms with E-state index in [9.17, 15) is 19.5 Å². The molecule has 0 saturated carbocycles. The van der Waals surface area contributed by atoms with Crippen LogP contribution in [0.3, 0.4) is 0 Å². The third-order valence-electron chi connectivity index (χ3n) is 9.16. The summed E-state index contributed by atoms with van der Waals surface area (Å²) < 4.78 is 9.62. The minimum atomic E-state index is -0.927. The maximum Gasteiger partial charge on any atom is 0.311 e. The summed E-state index contributed by atoms with van der Waals surface area (Å²) >= 11 is 1.57. The van der Waals surface area contributed by atoms with Crippen LogP contribution in [0.4, 0.5) is 0 Å². The molecule has 0 aliphatic carbocycles.